The number of rotatable bonds is 3. The number of thioether (sulfide) groups is 1. The van der Waals surface area contributed by atoms with E-state index >= 15 is 0 Å². The third kappa shape index (κ3) is 2.74. The molecule has 9 heteroatoms. The number of hydrogen-bond donors (Lipinski definition) is 3. The van der Waals surface area contributed by atoms with Gasteiger partial charge in [-0.2, -0.15) is 5.23 Å². The van der Waals surface area contributed by atoms with Crippen molar-refractivity contribution in [1.29, 1.82) is 0 Å². The maximum absolute atomic E-state index is 11.1. The highest BCUT2D eigenvalue weighted by molar-refractivity contribution is 7.99. The number of aromatic nitrogens is 3. The first-order valence-corrected chi connectivity index (χ1v) is 8.35. The van der Waals surface area contributed by atoms with Crippen molar-refractivity contribution in [3.63, 3.8) is 0 Å². The van der Waals surface area contributed by atoms with Crippen LogP contribution in [0.4, 0.5) is 5.69 Å². The van der Waals surface area contributed by atoms with Gasteiger partial charge >= 0.3 is 0 Å². The lowest BCUT2D eigenvalue weighted by Gasteiger charge is -2.14. The summed E-state index contributed by atoms with van der Waals surface area (Å²) >= 11 is 7.47. The summed E-state index contributed by atoms with van der Waals surface area (Å²) in [6.45, 7) is 0. The molecule has 0 radical (unpaired) electrons. The van der Waals surface area contributed by atoms with E-state index in [1.54, 1.807) is 22.9 Å². The smallest absolute Gasteiger partial charge is 0.212 e. The molecule has 3 N–H and O–H groups in total. The quantitative estimate of drug-likeness (QED) is 0.620. The molecule has 0 saturated carbocycles. The summed E-state index contributed by atoms with van der Waals surface area (Å²) in [7, 11) is 0. The minimum atomic E-state index is -0.973. The predicted octanol–water partition coefficient (Wildman–Crippen LogP) is 2.35. The maximum Gasteiger partial charge on any atom is 0.212 e. The molecule has 1 unspecified atom stereocenters. The Kier molecular flexibility index (Phi) is 3.91. The molecule has 0 bridgehead atoms. The van der Waals surface area contributed by atoms with Crippen LogP contribution in [-0.2, 0) is 0 Å². The van der Waals surface area contributed by atoms with E-state index in [9.17, 15) is 5.21 Å². The molecule has 3 aromatic rings. The van der Waals surface area contributed by atoms with Gasteiger partial charge in [0.2, 0.25) is 5.16 Å². The van der Waals surface area contributed by atoms with Gasteiger partial charge < -0.3 is 10.6 Å². The fourth-order valence-corrected chi connectivity index (χ4v) is 3.59. The molecule has 7 nitrogen and oxygen atoms in total. The molecule has 24 heavy (non-hydrogen) atoms. The first kappa shape index (κ1) is 15.4. The van der Waals surface area contributed by atoms with Crippen molar-refractivity contribution in [2.45, 2.75) is 10.5 Å². The lowest BCUT2D eigenvalue weighted by Crippen LogP contribution is -2.99. The highest BCUT2D eigenvalue weighted by Gasteiger charge is 2.28. The number of fused-ring (bicyclic) bond motifs is 1. The molecule has 0 amide bonds. The summed E-state index contributed by atoms with van der Waals surface area (Å²) in [6.07, 6.45) is 0. The molecular formula is C15H12ClN5O2S. The minimum absolute atomic E-state index is 0.00540. The van der Waals surface area contributed by atoms with E-state index in [-0.39, 0.29) is 11.1 Å². The van der Waals surface area contributed by atoms with E-state index in [1.807, 2.05) is 30.3 Å². The molecule has 4 rings (SSSR count). The minimum Gasteiger partial charge on any atom is -0.595 e. The van der Waals surface area contributed by atoms with Crippen molar-refractivity contribution in [2.75, 3.05) is 5.43 Å². The summed E-state index contributed by atoms with van der Waals surface area (Å²) in [5.74, 6) is 0.581. The highest BCUT2D eigenvalue weighted by Crippen LogP contribution is 2.40. The van der Waals surface area contributed by atoms with E-state index in [0.29, 0.717) is 16.4 Å². The maximum atomic E-state index is 11.1. The van der Waals surface area contributed by atoms with Gasteiger partial charge in [-0.25, -0.2) is 9.88 Å². The first-order valence-electron chi connectivity index (χ1n) is 7.09. The number of nitrogens with zero attached hydrogens (tertiary/aromatic N) is 3. The summed E-state index contributed by atoms with van der Waals surface area (Å²) in [5, 5.41) is 29.1. The van der Waals surface area contributed by atoms with Crippen molar-refractivity contribution in [2.24, 2.45) is 0 Å². The Morgan fingerprint density at radius 2 is 2.00 bits per heavy atom. The van der Waals surface area contributed by atoms with E-state index in [4.69, 9.17) is 16.8 Å². The molecule has 0 spiro atoms. The van der Waals surface area contributed by atoms with Gasteiger partial charge in [0.1, 0.15) is 5.37 Å². The van der Waals surface area contributed by atoms with E-state index in [1.165, 1.54) is 11.8 Å². The Labute approximate surface area is 146 Å². The van der Waals surface area contributed by atoms with Gasteiger partial charge in [-0.1, -0.05) is 47.6 Å². The zero-order valence-corrected chi connectivity index (χ0v) is 13.8. The Bertz CT molecular complexity index is 884. The Morgan fingerprint density at radius 3 is 2.75 bits per heavy atom. The van der Waals surface area contributed by atoms with Crippen LogP contribution in [-0.4, -0.2) is 20.1 Å². The van der Waals surface area contributed by atoms with Crippen LogP contribution < -0.4 is 10.7 Å². The molecule has 2 atom stereocenters. The fourth-order valence-electron chi connectivity index (χ4n) is 2.47. The highest BCUT2D eigenvalue weighted by atomic mass is 35.5. The fraction of sp³-hybridized carbons (Fsp3) is 0.0667. The average molecular weight is 362 g/mol. The summed E-state index contributed by atoms with van der Waals surface area (Å²) in [5.41, 5.74) is 5.31. The molecule has 0 fully saturated rings. The Balaban J connectivity index is 1.65. The van der Waals surface area contributed by atoms with Crippen LogP contribution in [0, 0.1) is 5.21 Å². The van der Waals surface area contributed by atoms with E-state index < -0.39 is 5.23 Å². The second-order valence-electron chi connectivity index (χ2n) is 5.21. The molecular weight excluding hydrogens is 350 g/mol. The zero-order valence-electron chi connectivity index (χ0n) is 12.2. The number of nitrogens with one attached hydrogen (secondary N) is 2. The molecule has 1 aliphatic rings. The molecule has 2 aromatic carbocycles. The van der Waals surface area contributed by atoms with Crippen LogP contribution in [0.2, 0.25) is 5.02 Å². The van der Waals surface area contributed by atoms with Crippen LogP contribution in [0.5, 0.6) is 0 Å². The van der Waals surface area contributed by atoms with Crippen molar-refractivity contribution in [3.05, 3.63) is 64.3 Å². The van der Waals surface area contributed by atoms with Gasteiger partial charge in [0, 0.05) is 22.7 Å². The van der Waals surface area contributed by atoms with E-state index in [0.717, 1.165) is 10.7 Å². The predicted molar refractivity (Wildman–Crippen MR) is 90.6 cm³/mol. The van der Waals surface area contributed by atoms with Gasteiger partial charge in [-0.15, -0.1) is 10.2 Å². The van der Waals surface area contributed by atoms with Crippen LogP contribution in [0.3, 0.4) is 0 Å². The molecule has 2 heterocycles. The average Bonchev–Trinajstić information content (AvgIpc) is 3.16. The monoisotopic (exact) mass is 361 g/mol. The molecule has 122 valence electrons. The third-order valence-electron chi connectivity index (χ3n) is 3.64. The van der Waals surface area contributed by atoms with Crippen molar-refractivity contribution in [3.8, 4) is 11.4 Å². The molecule has 0 aliphatic carbocycles. The van der Waals surface area contributed by atoms with Gasteiger partial charge in [0.25, 0.3) is 0 Å². The van der Waals surface area contributed by atoms with Crippen LogP contribution in [0.25, 0.3) is 11.4 Å². The van der Waals surface area contributed by atoms with Gasteiger partial charge in [-0.05, 0) is 17.7 Å². The van der Waals surface area contributed by atoms with E-state index in [2.05, 4.69) is 15.6 Å². The lowest BCUT2D eigenvalue weighted by molar-refractivity contribution is -0.991. The van der Waals surface area contributed by atoms with Crippen molar-refractivity contribution >= 4 is 29.1 Å². The SMILES string of the molecule is [O-][NH+](O)c1cccc(-c2nnc3n2N[C@H](c2ccc(Cl)cc2)S3)c1. The largest absolute Gasteiger partial charge is 0.595 e. The normalized spacial score (nSPS) is 17.4. The summed E-state index contributed by atoms with van der Waals surface area (Å²) in [6, 6.07) is 14.2. The second-order valence-corrected chi connectivity index (χ2v) is 6.71. The zero-order chi connectivity index (χ0) is 16.7. The molecule has 1 aromatic heterocycles. The summed E-state index contributed by atoms with van der Waals surface area (Å²) in [4.78, 5) is 0. The number of hydrogen-bond acceptors (Lipinski definition) is 6. The van der Waals surface area contributed by atoms with Crippen LogP contribution in [0.1, 0.15) is 10.9 Å². The Morgan fingerprint density at radius 1 is 1.21 bits per heavy atom. The summed E-state index contributed by atoms with van der Waals surface area (Å²) < 4.78 is 1.78. The lowest BCUT2D eigenvalue weighted by atomic mass is 10.2. The molecule has 0 saturated heterocycles. The van der Waals surface area contributed by atoms with Crippen LogP contribution in [0.15, 0.2) is 53.7 Å². The Hall–Kier alpha value is -2.10. The number of quaternary nitrogens is 1. The van der Waals surface area contributed by atoms with Crippen molar-refractivity contribution in [1.82, 2.24) is 14.9 Å². The van der Waals surface area contributed by atoms with Crippen LogP contribution >= 0.6 is 23.4 Å². The van der Waals surface area contributed by atoms with Crippen molar-refractivity contribution < 1.29 is 10.4 Å². The number of benzene rings is 2. The van der Waals surface area contributed by atoms with Gasteiger partial charge in [0.05, 0.1) is 0 Å². The molecule has 1 aliphatic heterocycles. The second kappa shape index (κ2) is 6.08. The third-order valence-corrected chi connectivity index (χ3v) is 4.98. The first-order chi connectivity index (χ1) is 11.6. The number of halogens is 1. The topological polar surface area (TPSA) is 90.5 Å². The standard InChI is InChI=1S/C15H12ClN5O2S/c16-11-6-4-9(5-7-11)14-19-20-13(17-18-15(20)24-14)10-2-1-3-12(8-10)21(22)23/h1-8,14,19,21-22H/t14-/m0/s1. The van der Waals surface area contributed by atoms with Gasteiger partial charge in [0.15, 0.2) is 11.5 Å². The van der Waals surface area contributed by atoms with Gasteiger partial charge in [-0.3, -0.25) is 0 Å².